The molecule has 0 atom stereocenters. The predicted octanol–water partition coefficient (Wildman–Crippen LogP) is 4.99. The quantitative estimate of drug-likeness (QED) is 0.712. The molecule has 1 aliphatic carbocycles. The summed E-state index contributed by atoms with van der Waals surface area (Å²) >= 11 is 6.43. The Morgan fingerprint density at radius 3 is 2.50 bits per heavy atom. The van der Waals surface area contributed by atoms with Crippen molar-refractivity contribution in [1.29, 1.82) is 0 Å². The van der Waals surface area contributed by atoms with Crippen LogP contribution >= 0.6 is 24.0 Å². The van der Waals surface area contributed by atoms with Crippen molar-refractivity contribution >= 4 is 24.0 Å². The largest absolute Gasteiger partial charge is 0.490 e. The van der Waals surface area contributed by atoms with Crippen LogP contribution in [0.4, 0.5) is 0 Å². The van der Waals surface area contributed by atoms with Gasteiger partial charge in [-0.1, -0.05) is 41.9 Å². The van der Waals surface area contributed by atoms with Crippen LogP contribution in [0.2, 0.25) is 5.02 Å². The highest BCUT2D eigenvalue weighted by Gasteiger charge is 2.20. The van der Waals surface area contributed by atoms with Gasteiger partial charge < -0.3 is 14.8 Å². The minimum absolute atomic E-state index is 0. The molecule has 24 heavy (non-hydrogen) atoms. The molecule has 5 heteroatoms. The van der Waals surface area contributed by atoms with Crippen LogP contribution in [0.3, 0.4) is 0 Å². The van der Waals surface area contributed by atoms with Crippen LogP contribution < -0.4 is 14.8 Å². The summed E-state index contributed by atoms with van der Waals surface area (Å²) in [6.07, 6.45) is 2.54. The van der Waals surface area contributed by atoms with Gasteiger partial charge in [0.15, 0.2) is 11.5 Å². The molecule has 0 aliphatic heterocycles. The van der Waals surface area contributed by atoms with Gasteiger partial charge in [-0.05, 0) is 43.0 Å². The van der Waals surface area contributed by atoms with Crippen molar-refractivity contribution in [1.82, 2.24) is 5.32 Å². The fourth-order valence-electron chi connectivity index (χ4n) is 2.41. The Morgan fingerprint density at radius 2 is 1.83 bits per heavy atom. The highest BCUT2D eigenvalue weighted by molar-refractivity contribution is 6.32. The van der Waals surface area contributed by atoms with Gasteiger partial charge in [-0.15, -0.1) is 12.4 Å². The minimum Gasteiger partial charge on any atom is -0.490 e. The van der Waals surface area contributed by atoms with E-state index >= 15 is 0 Å². The van der Waals surface area contributed by atoms with Gasteiger partial charge in [0, 0.05) is 12.6 Å². The molecule has 0 heterocycles. The molecular weight excluding hydrogens is 345 g/mol. The maximum Gasteiger partial charge on any atom is 0.180 e. The van der Waals surface area contributed by atoms with Crippen molar-refractivity contribution < 1.29 is 9.47 Å². The van der Waals surface area contributed by atoms with Gasteiger partial charge >= 0.3 is 0 Å². The number of benzene rings is 2. The van der Waals surface area contributed by atoms with Gasteiger partial charge in [0.1, 0.15) is 6.61 Å². The van der Waals surface area contributed by atoms with Gasteiger partial charge in [0.25, 0.3) is 0 Å². The molecule has 1 fully saturated rings. The first-order valence-corrected chi connectivity index (χ1v) is 8.49. The summed E-state index contributed by atoms with van der Waals surface area (Å²) < 4.78 is 11.7. The van der Waals surface area contributed by atoms with E-state index in [2.05, 4.69) is 5.32 Å². The lowest BCUT2D eigenvalue weighted by atomic mass is 10.2. The molecule has 1 aliphatic rings. The van der Waals surface area contributed by atoms with Gasteiger partial charge in [0.2, 0.25) is 0 Å². The van der Waals surface area contributed by atoms with Crippen LogP contribution in [0.25, 0.3) is 0 Å². The highest BCUT2D eigenvalue weighted by Crippen LogP contribution is 2.37. The van der Waals surface area contributed by atoms with Crippen LogP contribution in [-0.4, -0.2) is 12.6 Å². The van der Waals surface area contributed by atoms with Crippen molar-refractivity contribution in [3.05, 3.63) is 58.6 Å². The van der Waals surface area contributed by atoms with Gasteiger partial charge in [-0.2, -0.15) is 0 Å². The van der Waals surface area contributed by atoms with Crippen LogP contribution in [0.1, 0.15) is 30.9 Å². The average molecular weight is 368 g/mol. The maximum atomic E-state index is 6.43. The molecule has 3 rings (SSSR count). The molecule has 2 aromatic carbocycles. The van der Waals surface area contributed by atoms with Crippen LogP contribution in [0.5, 0.6) is 11.5 Å². The fourth-order valence-corrected chi connectivity index (χ4v) is 2.69. The standard InChI is InChI=1S/C19H22ClNO2.ClH/c1-2-22-18-11-15(12-21-16-8-9-16)10-17(20)19(18)23-13-14-6-4-3-5-7-14;/h3-7,10-11,16,21H,2,8-9,12-13H2,1H3;1H. The smallest absolute Gasteiger partial charge is 0.180 e. The lowest BCUT2D eigenvalue weighted by molar-refractivity contribution is 0.269. The highest BCUT2D eigenvalue weighted by atomic mass is 35.5. The van der Waals surface area contributed by atoms with Crippen molar-refractivity contribution in [2.24, 2.45) is 0 Å². The van der Waals surface area contributed by atoms with Crippen molar-refractivity contribution in [2.75, 3.05) is 6.61 Å². The zero-order chi connectivity index (χ0) is 16.1. The van der Waals surface area contributed by atoms with E-state index in [9.17, 15) is 0 Å². The average Bonchev–Trinajstić information content (AvgIpc) is 3.38. The molecule has 0 unspecified atom stereocenters. The Kier molecular flexibility index (Phi) is 7.22. The van der Waals surface area contributed by atoms with Crippen molar-refractivity contribution in [3.8, 4) is 11.5 Å². The molecule has 0 radical (unpaired) electrons. The molecule has 130 valence electrons. The summed E-state index contributed by atoms with van der Waals surface area (Å²) in [6.45, 7) is 3.82. The lowest BCUT2D eigenvalue weighted by Gasteiger charge is -2.15. The molecule has 0 spiro atoms. The first-order valence-electron chi connectivity index (χ1n) is 8.11. The minimum atomic E-state index is 0. The van der Waals surface area contributed by atoms with E-state index in [0.29, 0.717) is 35.8 Å². The molecule has 0 bridgehead atoms. The summed E-state index contributed by atoms with van der Waals surface area (Å²) in [5, 5.41) is 4.09. The first kappa shape index (κ1) is 18.9. The van der Waals surface area contributed by atoms with Crippen LogP contribution in [0.15, 0.2) is 42.5 Å². The number of rotatable bonds is 8. The molecule has 0 amide bonds. The SMILES string of the molecule is CCOc1cc(CNC2CC2)cc(Cl)c1OCc1ccccc1.Cl. The monoisotopic (exact) mass is 367 g/mol. The third-order valence-electron chi connectivity index (χ3n) is 3.77. The van der Waals surface area contributed by atoms with E-state index in [1.807, 2.05) is 49.4 Å². The fraction of sp³-hybridized carbons (Fsp3) is 0.368. The Bertz CT molecular complexity index is 645. The number of hydrogen-bond acceptors (Lipinski definition) is 3. The summed E-state index contributed by atoms with van der Waals surface area (Å²) in [7, 11) is 0. The summed E-state index contributed by atoms with van der Waals surface area (Å²) in [6, 6.07) is 14.7. The molecular formula is C19H23Cl2NO2. The molecule has 3 nitrogen and oxygen atoms in total. The van der Waals surface area contributed by atoms with Gasteiger partial charge in [0.05, 0.1) is 11.6 Å². The summed E-state index contributed by atoms with van der Waals surface area (Å²) in [4.78, 5) is 0. The predicted molar refractivity (Wildman–Crippen MR) is 101 cm³/mol. The van der Waals surface area contributed by atoms with Crippen molar-refractivity contribution in [2.45, 2.75) is 39.0 Å². The Morgan fingerprint density at radius 1 is 1.08 bits per heavy atom. The molecule has 0 saturated heterocycles. The van der Waals surface area contributed by atoms with E-state index in [4.69, 9.17) is 21.1 Å². The number of nitrogens with one attached hydrogen (secondary N) is 1. The van der Waals surface area contributed by atoms with Gasteiger partial charge in [-0.3, -0.25) is 0 Å². The van der Waals surface area contributed by atoms with E-state index < -0.39 is 0 Å². The van der Waals surface area contributed by atoms with Gasteiger partial charge in [-0.25, -0.2) is 0 Å². The number of halogens is 2. The second kappa shape index (κ2) is 9.16. The van der Waals surface area contributed by atoms with Crippen LogP contribution in [-0.2, 0) is 13.2 Å². The molecule has 2 aromatic rings. The van der Waals surface area contributed by atoms with E-state index in [1.165, 1.54) is 12.8 Å². The molecule has 1 saturated carbocycles. The topological polar surface area (TPSA) is 30.5 Å². The Labute approximate surface area is 154 Å². The van der Waals surface area contributed by atoms with E-state index in [1.54, 1.807) is 0 Å². The Hall–Kier alpha value is -1.42. The normalized spacial score (nSPS) is 13.2. The zero-order valence-corrected chi connectivity index (χ0v) is 15.3. The molecule has 0 aromatic heterocycles. The van der Waals surface area contributed by atoms with E-state index in [-0.39, 0.29) is 12.4 Å². The Balaban J connectivity index is 0.00000208. The van der Waals surface area contributed by atoms with Crippen LogP contribution in [0, 0.1) is 0 Å². The number of ether oxygens (including phenoxy) is 2. The molecule has 1 N–H and O–H groups in total. The zero-order valence-electron chi connectivity index (χ0n) is 13.8. The number of hydrogen-bond donors (Lipinski definition) is 1. The van der Waals surface area contributed by atoms with Crippen molar-refractivity contribution in [3.63, 3.8) is 0 Å². The second-order valence-corrected chi connectivity index (χ2v) is 6.17. The maximum absolute atomic E-state index is 6.43. The lowest BCUT2D eigenvalue weighted by Crippen LogP contribution is -2.15. The second-order valence-electron chi connectivity index (χ2n) is 5.77. The van der Waals surface area contributed by atoms with E-state index in [0.717, 1.165) is 17.7 Å². The summed E-state index contributed by atoms with van der Waals surface area (Å²) in [5.41, 5.74) is 2.22. The third-order valence-corrected chi connectivity index (χ3v) is 4.05. The first-order chi connectivity index (χ1) is 11.3. The third kappa shape index (κ3) is 5.30. The summed E-state index contributed by atoms with van der Waals surface area (Å²) in [5.74, 6) is 1.33.